The Hall–Kier alpha value is -4.73. The molecule has 0 saturated heterocycles. The fraction of sp³-hybridized carbons (Fsp3) is 0.286. The molecular formula is C35H41N5O4. The van der Waals surface area contributed by atoms with Gasteiger partial charge in [-0.05, 0) is 61.2 Å². The molecule has 6 N–H and O–H groups in total. The van der Waals surface area contributed by atoms with Crippen LogP contribution in [0.3, 0.4) is 0 Å². The highest BCUT2D eigenvalue weighted by Gasteiger charge is 2.12. The lowest BCUT2D eigenvalue weighted by atomic mass is 10.0. The smallest absolute Gasteiger partial charge is 0.251 e. The highest BCUT2D eigenvalue weighted by atomic mass is 16.5. The summed E-state index contributed by atoms with van der Waals surface area (Å²) >= 11 is 0. The van der Waals surface area contributed by atoms with Gasteiger partial charge < -0.3 is 31.5 Å². The monoisotopic (exact) mass is 595 g/mol. The van der Waals surface area contributed by atoms with Crippen molar-refractivity contribution in [2.45, 2.75) is 51.9 Å². The summed E-state index contributed by atoms with van der Waals surface area (Å²) in [6, 6.07) is 26.4. The van der Waals surface area contributed by atoms with Gasteiger partial charge in [-0.15, -0.1) is 0 Å². The van der Waals surface area contributed by atoms with Crippen LogP contribution < -0.4 is 26.4 Å². The van der Waals surface area contributed by atoms with Crippen molar-refractivity contribution < 1.29 is 19.4 Å². The van der Waals surface area contributed by atoms with E-state index in [1.165, 1.54) is 0 Å². The number of para-hydroxylation sites is 1. The standard InChI is InChI=1S/C35H41N5O4/c1-3-44-32-10-5-4-9-30(32)22-40-35(43)28-13-11-25(12-14-28)20-39-34(42)19-27-8-6-7-26(18-27)17-24(2)37-23-31(41)29-15-16-33(36)38-21-29/h4-16,18,21,24,31,37,41H,3,17,19-20,22-23H2,1-2H3,(H2,36,38)(H,39,42)(H,40,43). The van der Waals surface area contributed by atoms with Crippen molar-refractivity contribution in [3.8, 4) is 5.75 Å². The van der Waals surface area contributed by atoms with E-state index in [4.69, 9.17) is 10.5 Å². The number of nitrogens with one attached hydrogen (secondary N) is 3. The van der Waals surface area contributed by atoms with E-state index in [2.05, 4.69) is 27.9 Å². The van der Waals surface area contributed by atoms with E-state index in [1.54, 1.807) is 30.5 Å². The van der Waals surface area contributed by atoms with E-state index in [1.807, 2.05) is 67.6 Å². The fourth-order valence-corrected chi connectivity index (χ4v) is 4.78. The van der Waals surface area contributed by atoms with Crippen LogP contribution in [-0.4, -0.2) is 41.1 Å². The van der Waals surface area contributed by atoms with Crippen LogP contribution in [-0.2, 0) is 30.7 Å². The van der Waals surface area contributed by atoms with Gasteiger partial charge in [0, 0.05) is 48.6 Å². The summed E-state index contributed by atoms with van der Waals surface area (Å²) in [5.74, 6) is 0.929. The molecule has 2 amide bonds. The molecule has 3 aromatic carbocycles. The molecule has 0 aliphatic heterocycles. The van der Waals surface area contributed by atoms with E-state index in [9.17, 15) is 14.7 Å². The lowest BCUT2D eigenvalue weighted by molar-refractivity contribution is -0.120. The minimum absolute atomic E-state index is 0.0802. The number of hydrogen-bond acceptors (Lipinski definition) is 7. The predicted octanol–water partition coefficient (Wildman–Crippen LogP) is 4.11. The number of carbonyl (C=O) groups excluding carboxylic acids is 2. The Labute approximate surface area is 258 Å². The minimum atomic E-state index is -0.678. The summed E-state index contributed by atoms with van der Waals surface area (Å²) in [5, 5.41) is 19.7. The van der Waals surface area contributed by atoms with Crippen LogP contribution in [0.4, 0.5) is 5.82 Å². The lowest BCUT2D eigenvalue weighted by Crippen LogP contribution is -2.32. The van der Waals surface area contributed by atoms with Crippen LogP contribution in [0.1, 0.15) is 58.1 Å². The van der Waals surface area contributed by atoms with Crippen molar-refractivity contribution in [3.63, 3.8) is 0 Å². The highest BCUT2D eigenvalue weighted by Crippen LogP contribution is 2.18. The zero-order valence-electron chi connectivity index (χ0n) is 25.3. The number of aliphatic hydroxyl groups is 1. The number of anilines is 1. The van der Waals surface area contributed by atoms with E-state index in [-0.39, 0.29) is 24.3 Å². The molecule has 9 nitrogen and oxygen atoms in total. The van der Waals surface area contributed by atoms with Crippen molar-refractivity contribution in [2.24, 2.45) is 0 Å². The van der Waals surface area contributed by atoms with Crippen LogP contribution in [0.15, 0.2) is 91.1 Å². The van der Waals surface area contributed by atoms with Crippen LogP contribution >= 0.6 is 0 Å². The zero-order chi connectivity index (χ0) is 31.3. The van der Waals surface area contributed by atoms with Crippen molar-refractivity contribution in [3.05, 3.63) is 125 Å². The number of benzene rings is 3. The normalized spacial score (nSPS) is 12.2. The molecule has 0 saturated carbocycles. The summed E-state index contributed by atoms with van der Waals surface area (Å²) < 4.78 is 5.63. The van der Waals surface area contributed by atoms with Crippen LogP contribution in [0, 0.1) is 0 Å². The molecule has 1 heterocycles. The Bertz CT molecular complexity index is 1510. The second-order valence-corrected chi connectivity index (χ2v) is 10.7. The summed E-state index contributed by atoms with van der Waals surface area (Å²) in [6.45, 7) is 5.68. The molecule has 9 heteroatoms. The third kappa shape index (κ3) is 9.93. The number of pyridine rings is 1. The number of rotatable bonds is 15. The van der Waals surface area contributed by atoms with E-state index >= 15 is 0 Å². The van der Waals surface area contributed by atoms with Crippen molar-refractivity contribution in [1.29, 1.82) is 0 Å². The van der Waals surface area contributed by atoms with Crippen molar-refractivity contribution >= 4 is 17.6 Å². The largest absolute Gasteiger partial charge is 0.494 e. The number of ether oxygens (including phenoxy) is 1. The van der Waals surface area contributed by atoms with Gasteiger partial charge in [0.2, 0.25) is 5.91 Å². The molecule has 44 heavy (non-hydrogen) atoms. The maximum atomic E-state index is 12.7. The average molecular weight is 596 g/mol. The Morgan fingerprint density at radius 1 is 0.909 bits per heavy atom. The average Bonchev–Trinajstić information content (AvgIpc) is 3.03. The molecule has 4 aromatic rings. The number of amides is 2. The van der Waals surface area contributed by atoms with E-state index in [0.717, 1.165) is 34.4 Å². The quantitative estimate of drug-likeness (QED) is 0.139. The minimum Gasteiger partial charge on any atom is -0.494 e. The zero-order valence-corrected chi connectivity index (χ0v) is 25.3. The Morgan fingerprint density at radius 2 is 1.68 bits per heavy atom. The molecule has 230 valence electrons. The second-order valence-electron chi connectivity index (χ2n) is 10.7. The number of hydrogen-bond donors (Lipinski definition) is 5. The third-order valence-electron chi connectivity index (χ3n) is 7.17. The maximum Gasteiger partial charge on any atom is 0.251 e. The number of nitrogen functional groups attached to an aromatic ring is 1. The van der Waals surface area contributed by atoms with Gasteiger partial charge in [0.15, 0.2) is 0 Å². The van der Waals surface area contributed by atoms with Gasteiger partial charge in [-0.1, -0.05) is 60.7 Å². The number of nitrogens with two attached hydrogens (primary N) is 1. The SMILES string of the molecule is CCOc1ccccc1CNC(=O)c1ccc(CNC(=O)Cc2cccc(CC(C)NCC(O)c3ccc(N)nc3)c2)cc1. The van der Waals surface area contributed by atoms with Gasteiger partial charge in [-0.25, -0.2) is 4.98 Å². The first kappa shape index (κ1) is 32.2. The summed E-state index contributed by atoms with van der Waals surface area (Å²) in [4.78, 5) is 29.4. The van der Waals surface area contributed by atoms with E-state index in [0.29, 0.717) is 43.2 Å². The predicted molar refractivity (Wildman–Crippen MR) is 172 cm³/mol. The van der Waals surface area contributed by atoms with Crippen LogP contribution in [0.5, 0.6) is 5.75 Å². The fourth-order valence-electron chi connectivity index (χ4n) is 4.78. The molecule has 0 bridgehead atoms. The lowest BCUT2D eigenvalue weighted by Gasteiger charge is -2.18. The van der Waals surface area contributed by atoms with Gasteiger partial charge in [-0.2, -0.15) is 0 Å². The third-order valence-corrected chi connectivity index (χ3v) is 7.17. The molecule has 0 radical (unpaired) electrons. The molecule has 1 aromatic heterocycles. The molecule has 0 fully saturated rings. The Kier molecular flexibility index (Phi) is 11.9. The molecular weight excluding hydrogens is 554 g/mol. The van der Waals surface area contributed by atoms with Crippen LogP contribution in [0.25, 0.3) is 0 Å². The number of aromatic nitrogens is 1. The topological polar surface area (TPSA) is 139 Å². The van der Waals surface area contributed by atoms with Gasteiger partial charge >= 0.3 is 0 Å². The number of nitrogens with zero attached hydrogens (tertiary/aromatic N) is 1. The molecule has 4 rings (SSSR count). The second kappa shape index (κ2) is 16.2. The summed E-state index contributed by atoms with van der Waals surface area (Å²) in [6.07, 6.45) is 1.92. The van der Waals surface area contributed by atoms with Crippen LogP contribution in [0.2, 0.25) is 0 Å². The molecule has 0 aliphatic carbocycles. The molecule has 2 unspecified atom stereocenters. The van der Waals surface area contributed by atoms with E-state index < -0.39 is 6.10 Å². The first-order valence-corrected chi connectivity index (χ1v) is 14.9. The first-order chi connectivity index (χ1) is 21.3. The molecule has 0 aliphatic rings. The number of aliphatic hydroxyl groups excluding tert-OH is 1. The Balaban J connectivity index is 1.20. The van der Waals surface area contributed by atoms with Crippen molar-refractivity contribution in [2.75, 3.05) is 18.9 Å². The maximum absolute atomic E-state index is 12.7. The van der Waals surface area contributed by atoms with Gasteiger partial charge in [0.25, 0.3) is 5.91 Å². The summed E-state index contributed by atoms with van der Waals surface area (Å²) in [5.41, 5.74) is 10.7. The molecule has 0 spiro atoms. The van der Waals surface area contributed by atoms with Crippen molar-refractivity contribution in [1.82, 2.24) is 20.9 Å². The highest BCUT2D eigenvalue weighted by molar-refractivity contribution is 5.94. The molecule has 2 atom stereocenters. The summed E-state index contributed by atoms with van der Waals surface area (Å²) in [7, 11) is 0. The van der Waals surface area contributed by atoms with Gasteiger partial charge in [-0.3, -0.25) is 9.59 Å². The van der Waals surface area contributed by atoms with Gasteiger partial charge in [0.05, 0.1) is 19.1 Å². The number of carbonyl (C=O) groups is 2. The first-order valence-electron chi connectivity index (χ1n) is 14.9. The Morgan fingerprint density at radius 3 is 2.43 bits per heavy atom. The van der Waals surface area contributed by atoms with Gasteiger partial charge in [0.1, 0.15) is 11.6 Å².